The number of aromatic hydroxyl groups is 6. The zero-order valence-electron chi connectivity index (χ0n) is 30.8. The van der Waals surface area contributed by atoms with Crippen molar-refractivity contribution in [3.05, 3.63) is 114 Å². The van der Waals surface area contributed by atoms with Crippen LogP contribution < -0.4 is 0 Å². The molecule has 0 fully saturated rings. The molecule has 6 rings (SSSR count). The lowest BCUT2D eigenvalue weighted by atomic mass is 9.83. The van der Waals surface area contributed by atoms with Gasteiger partial charge in [0.05, 0.1) is 13.1 Å². The van der Waals surface area contributed by atoms with Gasteiger partial charge in [-0.3, -0.25) is 9.98 Å². The average Bonchev–Trinajstić information content (AvgIpc) is 3.11. The zero-order valence-corrected chi connectivity index (χ0v) is 34.0. The highest BCUT2D eigenvalue weighted by Gasteiger charge is 2.29. The summed E-state index contributed by atoms with van der Waals surface area (Å²) in [7, 11) is 0. The van der Waals surface area contributed by atoms with Gasteiger partial charge in [-0.25, -0.2) is 0 Å². The lowest BCUT2D eigenvalue weighted by Crippen LogP contribution is -2.01. The molecular weight excluding hydrogens is 812 g/mol. The van der Waals surface area contributed by atoms with Gasteiger partial charge in [-0.05, 0) is 83.0 Å². The molecule has 0 bridgehead atoms. The first kappa shape index (κ1) is 38.7. The van der Waals surface area contributed by atoms with Crippen molar-refractivity contribution in [1.82, 2.24) is 0 Å². The normalized spacial score (nSPS) is 12.1. The molecule has 54 heavy (non-hydrogen) atoms. The first-order valence-electron chi connectivity index (χ1n) is 17.6. The van der Waals surface area contributed by atoms with E-state index in [0.29, 0.717) is 44.2 Å². The van der Waals surface area contributed by atoms with Crippen molar-refractivity contribution in [2.45, 2.75) is 66.5 Å². The third kappa shape index (κ3) is 7.00. The molecule has 0 spiro atoms. The van der Waals surface area contributed by atoms with E-state index in [-0.39, 0.29) is 69.8 Å². The molecule has 278 valence electrons. The van der Waals surface area contributed by atoms with Crippen LogP contribution in [0.3, 0.4) is 0 Å². The summed E-state index contributed by atoms with van der Waals surface area (Å²) in [4.78, 5) is 9.16. The summed E-state index contributed by atoms with van der Waals surface area (Å²) in [5.74, 6) is -2.30. The monoisotopic (exact) mass is 852 g/mol. The second-order valence-corrected chi connectivity index (χ2v) is 16.1. The van der Waals surface area contributed by atoms with Crippen molar-refractivity contribution < 1.29 is 30.6 Å². The molecule has 0 amide bonds. The fraction of sp³-hybridized carbons (Fsp3) is 0.227. The molecule has 0 radical (unpaired) electrons. The highest BCUT2D eigenvalue weighted by molar-refractivity contribution is 9.10. The number of rotatable bonds is 9. The molecule has 0 atom stereocenters. The molecule has 0 aromatic heterocycles. The maximum atomic E-state index is 12.4. The van der Waals surface area contributed by atoms with E-state index >= 15 is 0 Å². The largest absolute Gasteiger partial charge is 0.507 e. The van der Waals surface area contributed by atoms with E-state index in [0.717, 1.165) is 20.1 Å². The Kier molecular flexibility index (Phi) is 11.0. The minimum atomic E-state index is -0.415. The van der Waals surface area contributed by atoms with E-state index in [1.54, 1.807) is 13.8 Å². The van der Waals surface area contributed by atoms with Crippen LogP contribution in [0.25, 0.3) is 32.7 Å². The van der Waals surface area contributed by atoms with E-state index in [9.17, 15) is 30.6 Å². The predicted octanol–water partition coefficient (Wildman–Crippen LogP) is 11.5. The van der Waals surface area contributed by atoms with Crippen LogP contribution in [0.15, 0.2) is 79.6 Å². The number of fused-ring (bicyclic) bond motifs is 2. The molecule has 6 aromatic carbocycles. The van der Waals surface area contributed by atoms with Gasteiger partial charge in [0.25, 0.3) is 0 Å². The Hall–Kier alpha value is -5.06. The van der Waals surface area contributed by atoms with Gasteiger partial charge in [0.15, 0.2) is 23.0 Å². The number of hydrogen-bond acceptors (Lipinski definition) is 8. The molecule has 0 aliphatic rings. The Labute approximate surface area is 331 Å². The van der Waals surface area contributed by atoms with Crippen molar-refractivity contribution >= 4 is 65.8 Å². The van der Waals surface area contributed by atoms with E-state index in [1.165, 1.54) is 12.4 Å². The maximum Gasteiger partial charge on any atom is 0.167 e. The lowest BCUT2D eigenvalue weighted by Gasteiger charge is -2.23. The van der Waals surface area contributed by atoms with Crippen LogP contribution in [0.4, 0.5) is 0 Å². The Balaban J connectivity index is 1.63. The number of phenolic OH excluding ortho intramolecular Hbond substituents is 6. The van der Waals surface area contributed by atoms with Gasteiger partial charge in [0.2, 0.25) is 0 Å². The molecule has 0 unspecified atom stereocenters. The molecule has 0 heterocycles. The van der Waals surface area contributed by atoms with Crippen molar-refractivity contribution in [3.8, 4) is 45.6 Å². The number of nitrogens with zero attached hydrogens (tertiary/aromatic N) is 2. The predicted molar refractivity (Wildman–Crippen MR) is 225 cm³/mol. The van der Waals surface area contributed by atoms with E-state index < -0.39 is 11.5 Å². The summed E-state index contributed by atoms with van der Waals surface area (Å²) in [5.41, 5.74) is 4.83. The number of benzene rings is 6. The zero-order chi connectivity index (χ0) is 39.2. The summed E-state index contributed by atoms with van der Waals surface area (Å²) >= 11 is 6.88. The third-order valence-electron chi connectivity index (χ3n) is 9.80. The standard InChI is InChI=1S/C44H42Br2N2O6/c1-21(2)33-29-15-23(5)35(41(51)37(29)31(39(49)43(33)53)19-47-17-25-7-11-27(45)12-8-25)36-24(6)16-30-34(22(3)4)44(54)40(50)32(38(30)42(36)52)20-48-18-26-9-13-28(46)14-10-26/h7-16,19-22,49-54H,17-18H2,1-6H3. The first-order chi connectivity index (χ1) is 25.6. The van der Waals surface area contributed by atoms with Gasteiger partial charge < -0.3 is 30.6 Å². The lowest BCUT2D eigenvalue weighted by molar-refractivity contribution is 0.398. The van der Waals surface area contributed by atoms with E-state index in [4.69, 9.17) is 0 Å². The average molecular weight is 855 g/mol. The van der Waals surface area contributed by atoms with Gasteiger partial charge in [-0.2, -0.15) is 0 Å². The fourth-order valence-electron chi connectivity index (χ4n) is 7.29. The van der Waals surface area contributed by atoms with E-state index in [1.807, 2.05) is 88.4 Å². The first-order valence-corrected chi connectivity index (χ1v) is 19.2. The number of halogens is 2. The highest BCUT2D eigenvalue weighted by Crippen LogP contribution is 2.54. The van der Waals surface area contributed by atoms with Gasteiger partial charge in [-0.1, -0.05) is 96.0 Å². The second-order valence-electron chi connectivity index (χ2n) is 14.2. The summed E-state index contributed by atoms with van der Waals surface area (Å²) in [6, 6.07) is 19.0. The van der Waals surface area contributed by atoms with Crippen LogP contribution >= 0.6 is 31.9 Å². The minimum Gasteiger partial charge on any atom is -0.507 e. The van der Waals surface area contributed by atoms with Crippen LogP contribution in [0.5, 0.6) is 34.5 Å². The van der Waals surface area contributed by atoms with Crippen LogP contribution in [0.2, 0.25) is 0 Å². The van der Waals surface area contributed by atoms with Gasteiger partial charge in [0.1, 0.15) is 11.5 Å². The van der Waals surface area contributed by atoms with Crippen LogP contribution in [-0.4, -0.2) is 43.1 Å². The highest BCUT2D eigenvalue weighted by atomic mass is 79.9. The Morgan fingerprint density at radius 2 is 0.852 bits per heavy atom. The van der Waals surface area contributed by atoms with E-state index in [2.05, 4.69) is 41.8 Å². The number of aryl methyl sites for hydroxylation is 2. The topological polar surface area (TPSA) is 146 Å². The molecule has 0 saturated heterocycles. The SMILES string of the molecule is Cc1cc2c(C(C)C)c(O)c(O)c(C=NCc3ccc(Br)cc3)c2c(O)c1-c1c(C)cc2c(C(C)C)c(O)c(O)c(C=NCc3ccc(Br)cc3)c2c1O. The molecule has 6 N–H and O–H groups in total. The fourth-order valence-corrected chi connectivity index (χ4v) is 7.82. The van der Waals surface area contributed by atoms with Crippen LogP contribution in [0, 0.1) is 13.8 Å². The summed E-state index contributed by atoms with van der Waals surface area (Å²) < 4.78 is 1.86. The molecule has 0 aliphatic heterocycles. The molecule has 10 heteroatoms. The maximum absolute atomic E-state index is 12.4. The summed E-state index contributed by atoms with van der Waals surface area (Å²) in [6.45, 7) is 11.7. The van der Waals surface area contributed by atoms with Crippen molar-refractivity contribution in [2.75, 3.05) is 0 Å². The third-order valence-corrected chi connectivity index (χ3v) is 10.9. The van der Waals surface area contributed by atoms with Crippen molar-refractivity contribution in [3.63, 3.8) is 0 Å². The number of aliphatic imine (C=N–C) groups is 2. The van der Waals surface area contributed by atoms with Crippen LogP contribution in [-0.2, 0) is 13.1 Å². The Bertz CT molecular complexity index is 2310. The van der Waals surface area contributed by atoms with Gasteiger partial charge >= 0.3 is 0 Å². The number of phenols is 6. The molecule has 0 aliphatic carbocycles. The van der Waals surface area contributed by atoms with Crippen molar-refractivity contribution in [1.29, 1.82) is 0 Å². The molecular formula is C44H42Br2N2O6. The summed E-state index contributed by atoms with van der Waals surface area (Å²) in [6.07, 6.45) is 2.90. The van der Waals surface area contributed by atoms with Crippen LogP contribution in [0.1, 0.15) is 84.0 Å². The minimum absolute atomic E-state index is 0.131. The van der Waals surface area contributed by atoms with Gasteiger partial charge in [-0.15, -0.1) is 0 Å². The summed E-state index contributed by atoms with van der Waals surface area (Å²) in [5, 5.41) is 71.8. The van der Waals surface area contributed by atoms with Gasteiger partial charge in [0, 0.05) is 65.5 Å². The molecule has 0 saturated carbocycles. The number of hydrogen-bond donors (Lipinski definition) is 6. The quantitative estimate of drug-likeness (QED) is 0.0631. The molecule has 6 aromatic rings. The Morgan fingerprint density at radius 3 is 1.17 bits per heavy atom. The molecule has 8 nitrogen and oxygen atoms in total. The second kappa shape index (κ2) is 15.4. The smallest absolute Gasteiger partial charge is 0.167 e. The Morgan fingerprint density at radius 1 is 0.519 bits per heavy atom. The van der Waals surface area contributed by atoms with Crippen molar-refractivity contribution in [2.24, 2.45) is 9.98 Å².